The second-order valence-corrected chi connectivity index (χ2v) is 7.67. The molecule has 6 heteroatoms. The molecule has 3 rings (SSSR count). The fourth-order valence-electron chi connectivity index (χ4n) is 2.78. The fourth-order valence-corrected chi connectivity index (χ4v) is 3.12. The van der Waals surface area contributed by atoms with Crippen molar-refractivity contribution in [2.45, 2.75) is 19.8 Å². The van der Waals surface area contributed by atoms with Gasteiger partial charge in [0.05, 0.1) is 23.9 Å². The Bertz CT molecular complexity index is 990. The fraction of sp³-hybridized carbons (Fsp3) is 0.208. The predicted octanol–water partition coefficient (Wildman–Crippen LogP) is 6.79. The SMILES string of the molecule is Cc1cccc(OCCCCOc2ccc(C(=O)Nc3cc(Cl)ccc3Cl)cc2)c1. The predicted molar refractivity (Wildman–Crippen MR) is 122 cm³/mol. The van der Waals surface area contributed by atoms with Crippen molar-refractivity contribution in [2.24, 2.45) is 0 Å². The third kappa shape index (κ3) is 6.68. The van der Waals surface area contributed by atoms with E-state index in [1.807, 2.05) is 31.2 Å². The first kappa shape index (κ1) is 22.0. The molecule has 0 aromatic heterocycles. The zero-order valence-corrected chi connectivity index (χ0v) is 18.2. The molecule has 0 aliphatic carbocycles. The lowest BCUT2D eigenvalue weighted by Gasteiger charge is -2.10. The van der Waals surface area contributed by atoms with Crippen LogP contribution in [0.5, 0.6) is 11.5 Å². The number of ether oxygens (including phenoxy) is 2. The van der Waals surface area contributed by atoms with Crippen LogP contribution in [0.1, 0.15) is 28.8 Å². The summed E-state index contributed by atoms with van der Waals surface area (Å²) < 4.78 is 11.5. The van der Waals surface area contributed by atoms with E-state index in [1.165, 1.54) is 5.56 Å². The van der Waals surface area contributed by atoms with Crippen LogP contribution in [0.4, 0.5) is 5.69 Å². The molecule has 0 aliphatic heterocycles. The number of unbranched alkanes of at least 4 members (excludes halogenated alkanes) is 1. The minimum absolute atomic E-state index is 0.265. The maximum absolute atomic E-state index is 12.4. The maximum atomic E-state index is 12.4. The number of nitrogens with one attached hydrogen (secondary N) is 1. The molecule has 30 heavy (non-hydrogen) atoms. The zero-order chi connectivity index (χ0) is 21.3. The van der Waals surface area contributed by atoms with Gasteiger partial charge in [0, 0.05) is 10.6 Å². The summed E-state index contributed by atoms with van der Waals surface area (Å²) in [5.74, 6) is 1.34. The molecular weight excluding hydrogens is 421 g/mol. The summed E-state index contributed by atoms with van der Waals surface area (Å²) in [6.45, 7) is 3.28. The Kier molecular flexibility index (Phi) is 8.00. The van der Waals surface area contributed by atoms with E-state index in [0.717, 1.165) is 18.6 Å². The van der Waals surface area contributed by atoms with Crippen molar-refractivity contribution in [3.05, 3.63) is 87.9 Å². The number of carbonyl (C=O) groups is 1. The summed E-state index contributed by atoms with van der Waals surface area (Å²) in [5.41, 5.74) is 2.16. The van der Waals surface area contributed by atoms with Gasteiger partial charge in [-0.25, -0.2) is 0 Å². The lowest BCUT2D eigenvalue weighted by Crippen LogP contribution is -2.12. The summed E-state index contributed by atoms with van der Waals surface area (Å²) in [6.07, 6.45) is 1.77. The van der Waals surface area contributed by atoms with Crippen molar-refractivity contribution in [3.8, 4) is 11.5 Å². The van der Waals surface area contributed by atoms with Gasteiger partial charge in [-0.2, -0.15) is 0 Å². The van der Waals surface area contributed by atoms with Gasteiger partial charge >= 0.3 is 0 Å². The Labute approximate surface area is 186 Å². The second kappa shape index (κ2) is 10.9. The molecule has 0 spiro atoms. The van der Waals surface area contributed by atoms with Gasteiger partial charge < -0.3 is 14.8 Å². The number of benzene rings is 3. The van der Waals surface area contributed by atoms with Crippen LogP contribution in [0.3, 0.4) is 0 Å². The van der Waals surface area contributed by atoms with Crippen LogP contribution in [-0.4, -0.2) is 19.1 Å². The summed E-state index contributed by atoms with van der Waals surface area (Å²) in [7, 11) is 0. The standard InChI is InChI=1S/C24H23Cl2NO3/c1-17-5-4-6-21(15-17)30-14-3-2-13-29-20-10-7-18(8-11-20)24(28)27-23-16-19(25)9-12-22(23)26/h4-12,15-16H,2-3,13-14H2,1H3,(H,27,28). The van der Waals surface area contributed by atoms with E-state index in [0.29, 0.717) is 40.3 Å². The van der Waals surface area contributed by atoms with Crippen molar-refractivity contribution >= 4 is 34.8 Å². The molecule has 0 fully saturated rings. The first-order valence-electron chi connectivity index (χ1n) is 9.70. The Morgan fingerprint density at radius 2 is 1.57 bits per heavy atom. The molecule has 3 aromatic rings. The average Bonchev–Trinajstić information content (AvgIpc) is 2.73. The number of halogens is 2. The van der Waals surface area contributed by atoms with Gasteiger partial charge in [-0.05, 0) is 79.9 Å². The van der Waals surface area contributed by atoms with Crippen LogP contribution in [0.2, 0.25) is 10.0 Å². The van der Waals surface area contributed by atoms with E-state index >= 15 is 0 Å². The van der Waals surface area contributed by atoms with E-state index < -0.39 is 0 Å². The Morgan fingerprint density at radius 1 is 0.867 bits per heavy atom. The van der Waals surface area contributed by atoms with Gasteiger partial charge in [0.2, 0.25) is 0 Å². The first-order valence-corrected chi connectivity index (χ1v) is 10.5. The minimum Gasteiger partial charge on any atom is -0.494 e. The molecule has 1 amide bonds. The van der Waals surface area contributed by atoms with E-state index in [-0.39, 0.29) is 5.91 Å². The molecule has 1 N–H and O–H groups in total. The molecule has 3 aromatic carbocycles. The van der Waals surface area contributed by atoms with Gasteiger partial charge in [0.15, 0.2) is 0 Å². The highest BCUT2D eigenvalue weighted by atomic mass is 35.5. The average molecular weight is 444 g/mol. The summed E-state index contributed by atoms with van der Waals surface area (Å²) in [5, 5.41) is 3.69. The molecule has 0 saturated carbocycles. The number of rotatable bonds is 9. The van der Waals surface area contributed by atoms with Crippen LogP contribution >= 0.6 is 23.2 Å². The Morgan fingerprint density at radius 3 is 2.27 bits per heavy atom. The molecule has 156 valence electrons. The number of carbonyl (C=O) groups excluding carboxylic acids is 1. The number of amides is 1. The molecule has 0 heterocycles. The number of hydrogen-bond donors (Lipinski definition) is 1. The molecule has 0 aliphatic rings. The van der Waals surface area contributed by atoms with Gasteiger partial charge in [0.1, 0.15) is 11.5 Å². The van der Waals surface area contributed by atoms with Crippen LogP contribution in [-0.2, 0) is 0 Å². The van der Waals surface area contributed by atoms with Gasteiger partial charge in [-0.1, -0.05) is 35.3 Å². The van der Waals surface area contributed by atoms with Gasteiger partial charge in [-0.15, -0.1) is 0 Å². The maximum Gasteiger partial charge on any atom is 0.255 e. The van der Waals surface area contributed by atoms with Crippen molar-refractivity contribution in [1.29, 1.82) is 0 Å². The molecule has 0 radical (unpaired) electrons. The molecule has 0 bridgehead atoms. The van der Waals surface area contributed by atoms with E-state index in [9.17, 15) is 4.79 Å². The quantitative estimate of drug-likeness (QED) is 0.370. The molecule has 0 saturated heterocycles. The highest BCUT2D eigenvalue weighted by molar-refractivity contribution is 6.35. The molecule has 0 unspecified atom stereocenters. The summed E-state index contributed by atoms with van der Waals surface area (Å²) in [4.78, 5) is 12.4. The van der Waals surface area contributed by atoms with Crippen molar-refractivity contribution < 1.29 is 14.3 Å². The second-order valence-electron chi connectivity index (χ2n) is 6.82. The minimum atomic E-state index is -0.265. The molecular formula is C24H23Cl2NO3. The van der Waals surface area contributed by atoms with E-state index in [2.05, 4.69) is 5.32 Å². The Hall–Kier alpha value is -2.69. The molecule has 0 atom stereocenters. The van der Waals surface area contributed by atoms with Gasteiger partial charge in [-0.3, -0.25) is 4.79 Å². The van der Waals surface area contributed by atoms with Crippen LogP contribution < -0.4 is 14.8 Å². The third-order valence-electron chi connectivity index (χ3n) is 4.36. The highest BCUT2D eigenvalue weighted by Gasteiger charge is 2.09. The normalized spacial score (nSPS) is 10.5. The number of hydrogen-bond acceptors (Lipinski definition) is 3. The first-order chi connectivity index (χ1) is 14.5. The largest absolute Gasteiger partial charge is 0.494 e. The zero-order valence-electron chi connectivity index (χ0n) is 16.7. The summed E-state index contributed by atoms with van der Waals surface area (Å²) in [6, 6.07) is 19.9. The van der Waals surface area contributed by atoms with Crippen molar-refractivity contribution in [1.82, 2.24) is 0 Å². The lowest BCUT2D eigenvalue weighted by molar-refractivity contribution is 0.102. The van der Waals surface area contributed by atoms with E-state index in [4.69, 9.17) is 32.7 Å². The van der Waals surface area contributed by atoms with E-state index in [1.54, 1.807) is 42.5 Å². The number of aryl methyl sites for hydroxylation is 1. The van der Waals surface area contributed by atoms with Crippen LogP contribution in [0.15, 0.2) is 66.7 Å². The Balaban J connectivity index is 1.40. The summed E-state index contributed by atoms with van der Waals surface area (Å²) >= 11 is 12.0. The van der Waals surface area contributed by atoms with Crippen molar-refractivity contribution in [2.75, 3.05) is 18.5 Å². The topological polar surface area (TPSA) is 47.6 Å². The smallest absolute Gasteiger partial charge is 0.255 e. The van der Waals surface area contributed by atoms with Crippen molar-refractivity contribution in [3.63, 3.8) is 0 Å². The molecule has 4 nitrogen and oxygen atoms in total. The monoisotopic (exact) mass is 443 g/mol. The van der Waals surface area contributed by atoms with Gasteiger partial charge in [0.25, 0.3) is 5.91 Å². The third-order valence-corrected chi connectivity index (χ3v) is 4.92. The van der Waals surface area contributed by atoms with Crippen LogP contribution in [0.25, 0.3) is 0 Å². The highest BCUT2D eigenvalue weighted by Crippen LogP contribution is 2.26. The number of anilines is 1. The van der Waals surface area contributed by atoms with Crippen LogP contribution in [0, 0.1) is 6.92 Å². The lowest BCUT2D eigenvalue weighted by atomic mass is 10.2.